The molecule has 1 nitrogen and oxygen atoms in total. The van der Waals surface area contributed by atoms with Crippen LogP contribution in [0.25, 0.3) is 99.1 Å². The Balaban J connectivity index is 1.23. The van der Waals surface area contributed by atoms with E-state index >= 15 is 0 Å². The average molecular weight is 638 g/mol. The van der Waals surface area contributed by atoms with Crippen molar-refractivity contribution >= 4 is 116 Å². The fourth-order valence-electron chi connectivity index (χ4n) is 7.69. The molecule has 0 aliphatic carbocycles. The largest absolute Gasteiger partial charge is 0.308 e. The topological polar surface area (TPSA) is 4.93 Å². The summed E-state index contributed by atoms with van der Waals surface area (Å²) in [6.45, 7) is 0. The maximum atomic E-state index is 2.51. The molecule has 0 aliphatic heterocycles. The molecule has 0 amide bonds. The summed E-state index contributed by atoms with van der Waals surface area (Å²) in [7, 11) is 0. The van der Waals surface area contributed by atoms with E-state index in [1.165, 1.54) is 99.1 Å². The van der Waals surface area contributed by atoms with Crippen molar-refractivity contribution in [2.45, 2.75) is 0 Å². The fraction of sp³-hybridized carbons (Fsp3) is 0. The van der Waals surface area contributed by atoms with Gasteiger partial charge in [-0.3, -0.25) is 0 Å². The van der Waals surface area contributed by atoms with E-state index in [1.54, 1.807) is 0 Å². The second-order valence-electron chi connectivity index (χ2n) is 12.0. The van der Waals surface area contributed by atoms with Gasteiger partial charge >= 0.3 is 0 Å². The first-order chi connectivity index (χ1) is 22.8. The molecule has 0 radical (unpaired) electrons. The van der Waals surface area contributed by atoms with Gasteiger partial charge in [-0.05, 0) is 42.0 Å². The highest BCUT2D eigenvalue weighted by atomic mass is 32.1. The number of hydrogen-bond acceptors (Lipinski definition) is 3. The van der Waals surface area contributed by atoms with Crippen LogP contribution >= 0.6 is 34.0 Å². The molecule has 0 N–H and O–H groups in total. The second-order valence-corrected chi connectivity index (χ2v) is 15.2. The lowest BCUT2D eigenvalue weighted by atomic mass is 9.98. The van der Waals surface area contributed by atoms with Crippen LogP contribution in [-0.4, -0.2) is 4.57 Å². The van der Waals surface area contributed by atoms with Gasteiger partial charge in [-0.25, -0.2) is 0 Å². The van der Waals surface area contributed by atoms with E-state index in [4.69, 9.17) is 0 Å². The molecule has 0 atom stereocenters. The van der Waals surface area contributed by atoms with Crippen LogP contribution < -0.4 is 0 Å². The van der Waals surface area contributed by atoms with Crippen LogP contribution in [0.3, 0.4) is 0 Å². The molecule has 11 rings (SSSR count). The average Bonchev–Trinajstić information content (AvgIpc) is 3.86. The number of nitrogens with zero attached hydrogens (tertiary/aromatic N) is 1. The third kappa shape index (κ3) is 3.28. The maximum absolute atomic E-state index is 2.51. The number of para-hydroxylation sites is 1. The van der Waals surface area contributed by atoms with Crippen molar-refractivity contribution in [1.29, 1.82) is 0 Å². The molecule has 4 heteroatoms. The van der Waals surface area contributed by atoms with Gasteiger partial charge in [0.15, 0.2) is 0 Å². The summed E-state index contributed by atoms with van der Waals surface area (Å²) < 4.78 is 10.6. The summed E-state index contributed by atoms with van der Waals surface area (Å²) in [5.74, 6) is 0. The Kier molecular flexibility index (Phi) is 5.08. The SMILES string of the molecule is c1ccc2c(c1)sc1c(-c3cccc4sc5c(-n6c7ccccc7c7c8sc9ccccc9c8ccc76)cccc5c34)cccc12. The minimum absolute atomic E-state index is 1.25. The Morgan fingerprint density at radius 1 is 0.326 bits per heavy atom. The van der Waals surface area contributed by atoms with Gasteiger partial charge in [0.05, 0.1) is 21.4 Å². The number of fused-ring (bicyclic) bond motifs is 13. The van der Waals surface area contributed by atoms with Crippen molar-refractivity contribution in [1.82, 2.24) is 4.57 Å². The van der Waals surface area contributed by atoms with Crippen LogP contribution in [0.15, 0.2) is 140 Å². The highest BCUT2D eigenvalue weighted by molar-refractivity contribution is 7.27. The molecule has 0 aliphatic rings. The van der Waals surface area contributed by atoms with Crippen molar-refractivity contribution in [2.75, 3.05) is 0 Å². The van der Waals surface area contributed by atoms with E-state index in [0.717, 1.165) is 0 Å². The first kappa shape index (κ1) is 25.2. The molecule has 0 saturated heterocycles. The summed E-state index contributed by atoms with van der Waals surface area (Å²) in [6, 6.07) is 51.8. The van der Waals surface area contributed by atoms with Gasteiger partial charge in [0.25, 0.3) is 0 Å². The van der Waals surface area contributed by atoms with Crippen molar-refractivity contribution in [3.05, 3.63) is 140 Å². The van der Waals surface area contributed by atoms with E-state index in [2.05, 4.69) is 144 Å². The van der Waals surface area contributed by atoms with Crippen molar-refractivity contribution in [2.24, 2.45) is 0 Å². The van der Waals surface area contributed by atoms with Gasteiger partial charge in [-0.15, -0.1) is 34.0 Å². The van der Waals surface area contributed by atoms with Gasteiger partial charge in [-0.2, -0.15) is 0 Å². The predicted molar refractivity (Wildman–Crippen MR) is 205 cm³/mol. The molecule has 46 heavy (non-hydrogen) atoms. The molecule has 11 aromatic rings. The standard InChI is InChI=1S/C42H23NS3/c1-4-17-32-30(12-1)39-33(23-22-29-25-11-3-6-20-36(25)45-42(29)39)43(32)34-18-8-16-31-38-26(13-9-21-37(38)46-41(31)34)28-15-7-14-27-24-10-2-5-19-35(24)44-40(27)28/h1-23H. The van der Waals surface area contributed by atoms with E-state index in [1.807, 2.05) is 34.0 Å². The molecule has 0 fully saturated rings. The molecular formula is C42H23NS3. The first-order valence-electron chi connectivity index (χ1n) is 15.5. The van der Waals surface area contributed by atoms with Crippen LogP contribution in [-0.2, 0) is 0 Å². The Morgan fingerprint density at radius 2 is 0.913 bits per heavy atom. The van der Waals surface area contributed by atoms with Gasteiger partial charge in [-0.1, -0.05) is 103 Å². The third-order valence-electron chi connectivity index (χ3n) is 9.62. The normalized spacial score (nSPS) is 12.3. The Bertz CT molecular complexity index is 3040. The molecule has 4 heterocycles. The van der Waals surface area contributed by atoms with Gasteiger partial charge in [0.2, 0.25) is 0 Å². The fourth-order valence-corrected chi connectivity index (χ4v) is 11.4. The highest BCUT2D eigenvalue weighted by Crippen LogP contribution is 2.48. The van der Waals surface area contributed by atoms with Crippen LogP contribution in [0.2, 0.25) is 0 Å². The van der Waals surface area contributed by atoms with Crippen molar-refractivity contribution < 1.29 is 0 Å². The van der Waals surface area contributed by atoms with Gasteiger partial charge in [0.1, 0.15) is 0 Å². The first-order valence-corrected chi connectivity index (χ1v) is 18.0. The van der Waals surface area contributed by atoms with E-state index in [0.29, 0.717) is 0 Å². The zero-order chi connectivity index (χ0) is 29.9. The molecule has 0 unspecified atom stereocenters. The van der Waals surface area contributed by atoms with Gasteiger partial charge < -0.3 is 4.57 Å². The number of aromatic nitrogens is 1. The zero-order valence-electron chi connectivity index (χ0n) is 24.5. The van der Waals surface area contributed by atoms with E-state index in [9.17, 15) is 0 Å². The molecular weight excluding hydrogens is 615 g/mol. The number of rotatable bonds is 2. The van der Waals surface area contributed by atoms with Gasteiger partial charge in [0, 0.05) is 72.2 Å². The van der Waals surface area contributed by atoms with Crippen LogP contribution in [0, 0.1) is 0 Å². The zero-order valence-corrected chi connectivity index (χ0v) is 26.9. The summed E-state index contributed by atoms with van der Waals surface area (Å²) >= 11 is 5.74. The maximum Gasteiger partial charge on any atom is 0.0640 e. The van der Waals surface area contributed by atoms with Crippen molar-refractivity contribution in [3.8, 4) is 16.8 Å². The molecule has 4 aromatic heterocycles. The summed E-state index contributed by atoms with van der Waals surface area (Å²) in [5.41, 5.74) is 6.39. The lowest BCUT2D eigenvalue weighted by Gasteiger charge is -2.10. The quantitative estimate of drug-likeness (QED) is 0.178. The molecule has 0 bridgehead atoms. The summed E-state index contributed by atoms with van der Waals surface area (Å²) in [6.07, 6.45) is 0. The number of thiophene rings is 3. The number of benzene rings is 7. The van der Waals surface area contributed by atoms with Crippen LogP contribution in [0.1, 0.15) is 0 Å². The second kappa shape index (κ2) is 9.27. The molecule has 214 valence electrons. The van der Waals surface area contributed by atoms with Crippen LogP contribution in [0.4, 0.5) is 0 Å². The van der Waals surface area contributed by atoms with E-state index < -0.39 is 0 Å². The van der Waals surface area contributed by atoms with Crippen LogP contribution in [0.5, 0.6) is 0 Å². The molecule has 0 saturated carbocycles. The molecule has 7 aromatic carbocycles. The smallest absolute Gasteiger partial charge is 0.0640 e. The lowest BCUT2D eigenvalue weighted by Crippen LogP contribution is -1.93. The minimum atomic E-state index is 1.25. The third-order valence-corrected chi connectivity index (χ3v) is 13.2. The summed E-state index contributed by atoms with van der Waals surface area (Å²) in [5, 5.41) is 10.7. The Morgan fingerprint density at radius 3 is 1.76 bits per heavy atom. The van der Waals surface area contributed by atoms with E-state index in [-0.39, 0.29) is 0 Å². The lowest BCUT2D eigenvalue weighted by molar-refractivity contribution is 1.20. The predicted octanol–water partition coefficient (Wildman–Crippen LogP) is 13.6. The Hall–Kier alpha value is -5.00. The monoisotopic (exact) mass is 637 g/mol. The highest BCUT2D eigenvalue weighted by Gasteiger charge is 2.21. The molecule has 0 spiro atoms. The Labute approximate surface area is 275 Å². The summed E-state index contributed by atoms with van der Waals surface area (Å²) in [4.78, 5) is 0. The van der Waals surface area contributed by atoms with Crippen molar-refractivity contribution in [3.63, 3.8) is 0 Å². The minimum Gasteiger partial charge on any atom is -0.308 e. The number of hydrogen-bond donors (Lipinski definition) is 0.